The van der Waals surface area contributed by atoms with E-state index in [2.05, 4.69) is 15.5 Å². The van der Waals surface area contributed by atoms with Crippen molar-refractivity contribution in [1.29, 1.82) is 0 Å². The van der Waals surface area contributed by atoms with Gasteiger partial charge in [0.2, 0.25) is 5.91 Å². The van der Waals surface area contributed by atoms with E-state index in [0.29, 0.717) is 25.3 Å². The number of hydrogen-bond donors (Lipinski definition) is 3. The predicted molar refractivity (Wildman–Crippen MR) is 77.7 cm³/mol. The third-order valence-electron chi connectivity index (χ3n) is 4.31. The Kier molecular flexibility index (Phi) is 4.98. The third-order valence-corrected chi connectivity index (χ3v) is 4.31. The maximum atomic E-state index is 12.1. The molecule has 0 aliphatic heterocycles. The van der Waals surface area contributed by atoms with Crippen LogP contribution in [0.25, 0.3) is 0 Å². The van der Waals surface area contributed by atoms with Crippen LogP contribution in [0.1, 0.15) is 37.4 Å². The Morgan fingerprint density at radius 3 is 2.76 bits per heavy atom. The monoisotopic (exact) mass is 293 g/mol. The molecule has 1 amide bonds. The SMILES string of the molecule is Cc1[nH]ncc1CCCNC(=O)C1CC(C)CC1C(=O)O. The quantitative estimate of drug-likeness (QED) is 0.693. The molecule has 3 unspecified atom stereocenters. The maximum absolute atomic E-state index is 12.1. The summed E-state index contributed by atoms with van der Waals surface area (Å²) >= 11 is 0. The molecule has 0 spiro atoms. The lowest BCUT2D eigenvalue weighted by molar-refractivity contribution is -0.146. The Balaban J connectivity index is 1.76. The van der Waals surface area contributed by atoms with Gasteiger partial charge in [0.1, 0.15) is 0 Å². The van der Waals surface area contributed by atoms with Crippen molar-refractivity contribution < 1.29 is 14.7 Å². The number of carbonyl (C=O) groups is 2. The second kappa shape index (κ2) is 6.74. The summed E-state index contributed by atoms with van der Waals surface area (Å²) < 4.78 is 0. The number of nitrogens with one attached hydrogen (secondary N) is 2. The van der Waals surface area contributed by atoms with Gasteiger partial charge in [-0.2, -0.15) is 5.10 Å². The number of aliphatic carboxylic acids is 1. The van der Waals surface area contributed by atoms with E-state index in [1.807, 2.05) is 13.8 Å². The lowest BCUT2D eigenvalue weighted by atomic mass is 9.95. The predicted octanol–water partition coefficient (Wildman–Crippen LogP) is 1.51. The molecule has 0 bridgehead atoms. The zero-order chi connectivity index (χ0) is 15.4. The van der Waals surface area contributed by atoms with Gasteiger partial charge in [-0.15, -0.1) is 0 Å². The first-order chi connectivity index (χ1) is 9.99. The summed E-state index contributed by atoms with van der Waals surface area (Å²) in [5.74, 6) is -1.58. The van der Waals surface area contributed by atoms with E-state index in [1.165, 1.54) is 0 Å². The highest BCUT2D eigenvalue weighted by molar-refractivity contribution is 5.85. The molecule has 1 heterocycles. The molecule has 21 heavy (non-hydrogen) atoms. The first-order valence-corrected chi connectivity index (χ1v) is 7.48. The highest BCUT2D eigenvalue weighted by Crippen LogP contribution is 2.36. The Morgan fingerprint density at radius 2 is 2.14 bits per heavy atom. The van der Waals surface area contributed by atoms with E-state index in [-0.39, 0.29) is 11.8 Å². The first-order valence-electron chi connectivity index (χ1n) is 7.48. The molecule has 1 aromatic heterocycles. The van der Waals surface area contributed by atoms with Gasteiger partial charge in [-0.05, 0) is 44.1 Å². The normalized spacial score (nSPS) is 25.0. The van der Waals surface area contributed by atoms with Crippen LogP contribution in [-0.4, -0.2) is 33.7 Å². The zero-order valence-corrected chi connectivity index (χ0v) is 12.6. The van der Waals surface area contributed by atoms with Crippen LogP contribution in [-0.2, 0) is 16.0 Å². The van der Waals surface area contributed by atoms with Crippen molar-refractivity contribution in [1.82, 2.24) is 15.5 Å². The highest BCUT2D eigenvalue weighted by Gasteiger charge is 2.40. The Labute approximate surface area is 124 Å². The molecule has 1 saturated carbocycles. The lowest BCUT2D eigenvalue weighted by Gasteiger charge is -2.15. The number of rotatable bonds is 6. The van der Waals surface area contributed by atoms with Crippen LogP contribution in [0.2, 0.25) is 0 Å². The molecular formula is C15H23N3O3. The summed E-state index contributed by atoms with van der Waals surface area (Å²) in [6.45, 7) is 4.55. The molecule has 1 aliphatic carbocycles. The summed E-state index contributed by atoms with van der Waals surface area (Å²) in [6, 6.07) is 0. The minimum Gasteiger partial charge on any atom is -0.481 e. The van der Waals surface area contributed by atoms with Crippen molar-refractivity contribution in [3.63, 3.8) is 0 Å². The topological polar surface area (TPSA) is 95.1 Å². The van der Waals surface area contributed by atoms with Gasteiger partial charge in [0, 0.05) is 12.2 Å². The van der Waals surface area contributed by atoms with Crippen molar-refractivity contribution >= 4 is 11.9 Å². The first kappa shape index (κ1) is 15.5. The molecule has 116 valence electrons. The van der Waals surface area contributed by atoms with Crippen molar-refractivity contribution in [2.24, 2.45) is 17.8 Å². The molecule has 1 fully saturated rings. The number of aryl methyl sites for hydroxylation is 2. The van der Waals surface area contributed by atoms with Crippen LogP contribution < -0.4 is 5.32 Å². The van der Waals surface area contributed by atoms with Gasteiger partial charge in [-0.3, -0.25) is 14.7 Å². The van der Waals surface area contributed by atoms with Gasteiger partial charge in [0.05, 0.1) is 18.0 Å². The molecule has 1 aromatic rings. The number of carbonyl (C=O) groups excluding carboxylic acids is 1. The largest absolute Gasteiger partial charge is 0.481 e. The second-order valence-electron chi connectivity index (χ2n) is 6.04. The third kappa shape index (κ3) is 3.83. The van der Waals surface area contributed by atoms with Gasteiger partial charge in [0.15, 0.2) is 0 Å². The van der Waals surface area contributed by atoms with E-state index >= 15 is 0 Å². The van der Waals surface area contributed by atoms with E-state index in [1.54, 1.807) is 6.20 Å². The average Bonchev–Trinajstić information content (AvgIpc) is 3.01. The number of aromatic amines is 1. The molecule has 6 heteroatoms. The average molecular weight is 293 g/mol. The van der Waals surface area contributed by atoms with Gasteiger partial charge in [0.25, 0.3) is 0 Å². The fourth-order valence-corrected chi connectivity index (χ4v) is 3.10. The van der Waals surface area contributed by atoms with Crippen LogP contribution in [0.4, 0.5) is 0 Å². The smallest absolute Gasteiger partial charge is 0.307 e. The molecule has 0 aromatic carbocycles. The van der Waals surface area contributed by atoms with E-state index in [9.17, 15) is 14.7 Å². The zero-order valence-electron chi connectivity index (χ0n) is 12.6. The second-order valence-corrected chi connectivity index (χ2v) is 6.04. The standard InChI is InChI=1S/C15H23N3O3/c1-9-6-12(13(7-9)15(20)21)14(19)16-5-3-4-11-8-17-18-10(11)2/h8-9,12-13H,3-7H2,1-2H3,(H,16,19)(H,17,18)(H,20,21). The van der Waals surface area contributed by atoms with Crippen LogP contribution in [0, 0.1) is 24.7 Å². The van der Waals surface area contributed by atoms with Gasteiger partial charge >= 0.3 is 5.97 Å². The number of nitrogens with zero attached hydrogens (tertiary/aromatic N) is 1. The van der Waals surface area contributed by atoms with Crippen molar-refractivity contribution in [3.05, 3.63) is 17.5 Å². The van der Waals surface area contributed by atoms with Gasteiger partial charge in [-0.25, -0.2) is 0 Å². The van der Waals surface area contributed by atoms with E-state index in [0.717, 1.165) is 24.1 Å². The maximum Gasteiger partial charge on any atom is 0.307 e. The van der Waals surface area contributed by atoms with Gasteiger partial charge in [-0.1, -0.05) is 6.92 Å². The molecule has 0 radical (unpaired) electrons. The number of carboxylic acid groups (broad SMARTS) is 1. The molecule has 3 atom stereocenters. The van der Waals surface area contributed by atoms with Gasteiger partial charge < -0.3 is 10.4 Å². The van der Waals surface area contributed by atoms with Crippen LogP contribution in [0.15, 0.2) is 6.20 Å². The van der Waals surface area contributed by atoms with Crippen molar-refractivity contribution in [2.45, 2.75) is 39.5 Å². The van der Waals surface area contributed by atoms with E-state index < -0.39 is 11.9 Å². The lowest BCUT2D eigenvalue weighted by Crippen LogP contribution is -2.35. The van der Waals surface area contributed by atoms with Crippen LogP contribution in [0.3, 0.4) is 0 Å². The Bertz CT molecular complexity index is 512. The fourth-order valence-electron chi connectivity index (χ4n) is 3.10. The molecule has 1 aliphatic rings. The number of carboxylic acids is 1. The minimum absolute atomic E-state index is 0.115. The molecule has 6 nitrogen and oxygen atoms in total. The molecule has 0 saturated heterocycles. The molecule has 3 N–H and O–H groups in total. The van der Waals surface area contributed by atoms with Crippen molar-refractivity contribution in [3.8, 4) is 0 Å². The number of aromatic nitrogens is 2. The van der Waals surface area contributed by atoms with Crippen LogP contribution >= 0.6 is 0 Å². The van der Waals surface area contributed by atoms with E-state index in [4.69, 9.17) is 0 Å². The minimum atomic E-state index is -0.853. The Morgan fingerprint density at radius 1 is 1.43 bits per heavy atom. The van der Waals surface area contributed by atoms with Crippen LogP contribution in [0.5, 0.6) is 0 Å². The highest BCUT2D eigenvalue weighted by atomic mass is 16.4. The molecular weight excluding hydrogens is 270 g/mol. The van der Waals surface area contributed by atoms with Crippen molar-refractivity contribution in [2.75, 3.05) is 6.54 Å². The summed E-state index contributed by atoms with van der Waals surface area (Å²) in [4.78, 5) is 23.3. The summed E-state index contributed by atoms with van der Waals surface area (Å²) in [7, 11) is 0. The summed E-state index contributed by atoms with van der Waals surface area (Å²) in [5, 5.41) is 18.9. The summed E-state index contributed by atoms with van der Waals surface area (Å²) in [6.07, 6.45) is 4.75. The summed E-state index contributed by atoms with van der Waals surface area (Å²) in [5.41, 5.74) is 2.21. The Hall–Kier alpha value is -1.85. The number of H-pyrrole nitrogens is 1. The number of amides is 1. The number of hydrogen-bond acceptors (Lipinski definition) is 3. The molecule has 2 rings (SSSR count). The fraction of sp³-hybridized carbons (Fsp3) is 0.667.